The zero-order chi connectivity index (χ0) is 89.1. The van der Waals surface area contributed by atoms with E-state index in [1.54, 1.807) is 113 Å². The summed E-state index contributed by atoms with van der Waals surface area (Å²) in [6.07, 6.45) is 6.99. The van der Waals surface area contributed by atoms with Crippen LogP contribution in [0.5, 0.6) is 0 Å². The highest BCUT2D eigenvalue weighted by atomic mass is 79.9. The first-order chi connectivity index (χ1) is 53.2. The third-order valence-electron chi connectivity index (χ3n) is 17.9. The second-order valence-electron chi connectivity index (χ2n) is 32.0. The number of ether oxygens (including phenoxy) is 4. The van der Waals surface area contributed by atoms with Crippen LogP contribution in [0.2, 0.25) is 0 Å². The molecule has 4 aromatic carbocycles. The Balaban J connectivity index is 0.000000505. The van der Waals surface area contributed by atoms with Crippen molar-refractivity contribution in [2.24, 2.45) is 33.3 Å². The van der Waals surface area contributed by atoms with E-state index in [0.717, 1.165) is 49.6 Å². The normalized spacial score (nSPS) is 19.1. The molecule has 0 aliphatic carbocycles. The molecule has 0 aromatic heterocycles. The number of nitrogens with one attached hydrogen (secondary N) is 1. The van der Waals surface area contributed by atoms with E-state index in [0.29, 0.717) is 44.5 Å². The van der Waals surface area contributed by atoms with Gasteiger partial charge in [0.05, 0.1) is 176 Å². The van der Waals surface area contributed by atoms with Crippen LogP contribution in [0.4, 0.5) is 17.6 Å². The van der Waals surface area contributed by atoms with E-state index in [1.165, 1.54) is 70.3 Å². The summed E-state index contributed by atoms with van der Waals surface area (Å²) in [5.74, 6) is -2.56. The van der Waals surface area contributed by atoms with Crippen molar-refractivity contribution in [1.82, 2.24) is 4.72 Å². The lowest BCUT2D eigenvalue weighted by Gasteiger charge is -2.37. The zero-order valence-corrected chi connectivity index (χ0v) is 80.9. The first-order valence-electron chi connectivity index (χ1n) is 36.9. The maximum atomic E-state index is 15.1. The standard InChI is InChI=1S/C24H37BrFN3O4S2.2C15H21BrFN3O2S.C12H15BrFNOS.C12H22N2O3S/c1-22(2,3)34(30)29-24(6,19-15-18(25)10-11-20(19)26)17-35(31,23(4,5)16-27)28-12-14-33-21-9-7-8-13-32-21;2*1-14(2,9-18)23(22,20-6-7-21)10-15(3,19)12-8-11(16)4-5-13(12)17;1-8(15-17(16)12(2,3)4)10-7-9(13)5-6-11(10)14;1-12(2,10-13)18(3,15)14-7-9-17-11-6-4-5-8-16-11/h10-11,15,21,29H,7-9,12-14,17H2,1-6H3;2*4-5,8,21H,6-7,10,19H2,1-3H3;5-7H,1-4H3;11H,4-9H2,1-3H3/t21?,24-,34+,35?;15-,23+;15-,23-;;/m000../s1. The van der Waals surface area contributed by atoms with E-state index in [2.05, 4.69) is 96.4 Å². The number of hydrogen-bond donors (Lipinski definition) is 5. The second-order valence-corrected chi connectivity index (χ2v) is 51.0. The minimum absolute atomic E-state index is 0.0685. The Morgan fingerprint density at radius 3 is 1.20 bits per heavy atom. The molecule has 11 atom stereocenters. The minimum atomic E-state index is -3.28. The molecule has 6 rings (SSSR count). The fraction of sp³-hybridized carbons (Fsp3) is 0.628. The Hall–Kier alpha value is -4.11. The van der Waals surface area contributed by atoms with Gasteiger partial charge in [0.25, 0.3) is 0 Å². The fourth-order valence-corrected chi connectivity index (χ4v) is 21.0. The van der Waals surface area contributed by atoms with Crippen molar-refractivity contribution in [3.63, 3.8) is 0 Å². The molecule has 2 saturated heterocycles. The van der Waals surface area contributed by atoms with Crippen LogP contribution in [0.25, 0.3) is 0 Å². The van der Waals surface area contributed by atoms with Crippen LogP contribution < -0.4 is 16.2 Å². The molecule has 116 heavy (non-hydrogen) atoms. The molecule has 2 aliphatic heterocycles. The van der Waals surface area contributed by atoms with Crippen molar-refractivity contribution in [3.8, 4) is 24.3 Å². The van der Waals surface area contributed by atoms with Gasteiger partial charge in [-0.05, 0) is 236 Å². The predicted molar refractivity (Wildman–Crippen MR) is 472 cm³/mol. The summed E-state index contributed by atoms with van der Waals surface area (Å²) in [6.45, 7) is 31.4. The third kappa shape index (κ3) is 32.9. The Bertz CT molecular complexity index is 4650. The van der Waals surface area contributed by atoms with Crippen LogP contribution in [0.1, 0.15) is 185 Å². The van der Waals surface area contributed by atoms with Gasteiger partial charge in [0.1, 0.15) is 53.2 Å². The van der Waals surface area contributed by atoms with Gasteiger partial charge in [-0.2, -0.15) is 25.4 Å². The predicted octanol–water partition coefficient (Wildman–Crippen LogP) is 16.0. The van der Waals surface area contributed by atoms with E-state index in [4.69, 9.17) is 45.9 Å². The molecule has 0 radical (unpaired) electrons. The molecule has 38 heteroatoms. The molecule has 4 aromatic rings. The first kappa shape index (κ1) is 108. The van der Waals surface area contributed by atoms with Crippen LogP contribution in [0, 0.1) is 68.6 Å². The largest absolute Gasteiger partial charge is 0.394 e. The molecular formula is C78H116Br4F4N12O12S6. The summed E-state index contributed by atoms with van der Waals surface area (Å²) in [5, 5.41) is 55.4. The lowest BCUT2D eigenvalue weighted by Crippen LogP contribution is -2.52. The Kier molecular flexibility index (Phi) is 43.2. The van der Waals surface area contributed by atoms with Gasteiger partial charge in [-0.1, -0.05) is 63.7 Å². The summed E-state index contributed by atoms with van der Waals surface area (Å²) < 4.78 is 178. The molecule has 0 saturated carbocycles. The number of aliphatic hydroxyl groups excluding tert-OH is 2. The van der Waals surface area contributed by atoms with Gasteiger partial charge in [0.15, 0.2) is 12.6 Å². The highest BCUT2D eigenvalue weighted by molar-refractivity contribution is 9.11. The average molecular weight is 2000 g/mol. The summed E-state index contributed by atoms with van der Waals surface area (Å²) in [7, 11) is -15.0. The minimum Gasteiger partial charge on any atom is -0.394 e. The van der Waals surface area contributed by atoms with Gasteiger partial charge in [-0.3, -0.25) is 0 Å². The smallest absolute Gasteiger partial charge is 0.157 e. The molecular weight excluding hydrogens is 1880 g/mol. The van der Waals surface area contributed by atoms with E-state index >= 15 is 4.39 Å². The van der Waals surface area contributed by atoms with Crippen LogP contribution in [0.3, 0.4) is 0 Å². The van der Waals surface area contributed by atoms with E-state index < -0.39 is 123 Å². The Morgan fingerprint density at radius 2 is 0.853 bits per heavy atom. The highest BCUT2D eigenvalue weighted by Gasteiger charge is 2.45. The molecule has 2 aliphatic rings. The second kappa shape index (κ2) is 46.4. The van der Waals surface area contributed by atoms with Gasteiger partial charge in [-0.15, -0.1) is 0 Å². The SMILES string of the molecule is CC(=NS(=O)C(C)(C)C)c1cc(Br)ccc1F.CC(C)(C#N)S(C)(=O)=NCCOC1CCCCO1.CC(C)(C#N)[S@@](=O)(C[C@](C)(N)c1cc(Br)ccc1F)=NCCO.CC(C)(C#N)[S@](=O)(C[C@](C)(N)c1cc(Br)ccc1F)=NCCO.CC(C)(C)[S@@](=O)N[C@@](C)(CS(=O)(=NCCOC1CCCCO1)C(C)(C)C#N)c1cc(Br)ccc1F. The van der Waals surface area contributed by atoms with E-state index in [1.807, 2.05) is 39.0 Å². The third-order valence-corrected chi connectivity index (χ3v) is 35.6. The first-order valence-corrected chi connectivity index (χ1v) is 49.3. The van der Waals surface area contributed by atoms with Gasteiger partial charge < -0.3 is 40.6 Å². The van der Waals surface area contributed by atoms with E-state index in [-0.39, 0.29) is 91.8 Å². The van der Waals surface area contributed by atoms with Crippen LogP contribution >= 0.6 is 63.7 Å². The van der Waals surface area contributed by atoms with Crippen molar-refractivity contribution in [1.29, 1.82) is 21.0 Å². The number of benzene rings is 4. The van der Waals surface area contributed by atoms with Gasteiger partial charge in [0.2, 0.25) is 0 Å². The zero-order valence-electron chi connectivity index (χ0n) is 69.6. The summed E-state index contributed by atoms with van der Waals surface area (Å²) in [4.78, 5) is 0. The monoisotopic (exact) mass is 2000 g/mol. The maximum absolute atomic E-state index is 15.1. The fourth-order valence-electron chi connectivity index (χ4n) is 10.2. The molecule has 0 amide bonds. The topological polar surface area (TPSA) is 401 Å². The molecule has 2 heterocycles. The number of aliphatic hydroxyl groups is 2. The summed E-state index contributed by atoms with van der Waals surface area (Å²) in [5.41, 5.74) is 9.93. The molecule has 24 nitrogen and oxygen atoms in total. The number of hydrogen-bond acceptors (Lipinski definition) is 22. The van der Waals surface area contributed by atoms with Crippen LogP contribution in [0.15, 0.2) is 113 Å². The van der Waals surface area contributed by atoms with E-state index in [9.17, 15) is 54.2 Å². The lowest BCUT2D eigenvalue weighted by molar-refractivity contribution is -0.160. The number of rotatable bonds is 29. The van der Waals surface area contributed by atoms with Crippen LogP contribution in [-0.2, 0) is 96.5 Å². The highest BCUT2D eigenvalue weighted by Crippen LogP contribution is 2.37. The molecule has 2 fully saturated rings. The number of nitriles is 4. The Morgan fingerprint density at radius 1 is 0.517 bits per heavy atom. The number of halogens is 8. The van der Waals surface area contributed by atoms with Crippen molar-refractivity contribution >= 4 is 130 Å². The van der Waals surface area contributed by atoms with Crippen molar-refractivity contribution in [2.75, 3.05) is 89.3 Å². The summed E-state index contributed by atoms with van der Waals surface area (Å²) in [6, 6.07) is 25.8. The quantitative estimate of drug-likeness (QED) is 0.0191. The average Bonchev–Trinajstić information content (AvgIpc) is 0.769. The van der Waals surface area contributed by atoms with Gasteiger partial charge in [-0.25, -0.2) is 65.0 Å². The molecule has 0 bridgehead atoms. The number of nitrogens with zero attached hydrogens (tertiary/aromatic N) is 9. The van der Waals surface area contributed by atoms with Crippen molar-refractivity contribution in [3.05, 3.63) is 136 Å². The maximum Gasteiger partial charge on any atom is 0.157 e. The molecule has 7 N–H and O–H groups in total. The number of nitrogens with two attached hydrogens (primary N) is 2. The molecule has 652 valence electrons. The summed E-state index contributed by atoms with van der Waals surface area (Å²) >= 11 is 13.2. The van der Waals surface area contributed by atoms with Crippen LogP contribution in [-0.4, -0.2) is 172 Å². The van der Waals surface area contributed by atoms with Crippen molar-refractivity contribution < 1.29 is 72.0 Å². The molecule has 5 unspecified atom stereocenters. The molecule has 0 spiro atoms. The van der Waals surface area contributed by atoms with Crippen molar-refractivity contribution in [2.45, 2.75) is 221 Å². The lowest BCUT2D eigenvalue weighted by atomic mass is 9.95. The van der Waals surface area contributed by atoms with Gasteiger partial charge in [0, 0.05) is 59.6 Å². The Labute approximate surface area is 725 Å². The van der Waals surface area contributed by atoms with Gasteiger partial charge >= 0.3 is 0 Å².